The fraction of sp³-hybridized carbons (Fsp3) is 0.381. The third kappa shape index (κ3) is 3.40. The van der Waals surface area contributed by atoms with Crippen molar-refractivity contribution in [3.63, 3.8) is 0 Å². The van der Waals surface area contributed by atoms with Crippen molar-refractivity contribution in [2.24, 2.45) is 0 Å². The molecule has 0 saturated carbocycles. The summed E-state index contributed by atoms with van der Waals surface area (Å²) in [6.07, 6.45) is 1.05. The Labute approximate surface area is 180 Å². The monoisotopic (exact) mass is 464 g/mol. The van der Waals surface area contributed by atoms with Crippen molar-refractivity contribution < 1.29 is 36.1 Å². The number of halogens is 1. The number of aryl methyl sites for hydroxylation is 1. The van der Waals surface area contributed by atoms with Crippen molar-refractivity contribution in [2.75, 3.05) is 38.0 Å². The molecule has 1 N–H and O–H groups in total. The van der Waals surface area contributed by atoms with E-state index in [1.54, 1.807) is 14.2 Å². The van der Waals surface area contributed by atoms with E-state index in [1.165, 1.54) is 5.56 Å². The summed E-state index contributed by atoms with van der Waals surface area (Å²) in [5.41, 5.74) is 2.05. The first kappa shape index (κ1) is 21.0. The molecule has 2 heterocycles. The van der Waals surface area contributed by atoms with E-state index in [4.69, 9.17) is 9.47 Å². The summed E-state index contributed by atoms with van der Waals surface area (Å²) in [6.45, 7) is 3.42. The zero-order chi connectivity index (χ0) is 19.0. The number of amidine groups is 1. The van der Waals surface area contributed by atoms with Crippen molar-refractivity contribution in [3.8, 4) is 11.5 Å². The maximum absolute atomic E-state index is 11.8. The van der Waals surface area contributed by atoms with E-state index in [-0.39, 0.29) is 17.0 Å². The molecule has 5 nitrogen and oxygen atoms in total. The van der Waals surface area contributed by atoms with Crippen LogP contribution in [0.25, 0.3) is 0 Å². The molecule has 4 rings (SSSR count). The van der Waals surface area contributed by atoms with Crippen LogP contribution in [0.15, 0.2) is 42.5 Å². The number of β-amino-alcohol motifs (C(OH)–C–C–N with tert-alkyl or cyclic N) is 1. The van der Waals surface area contributed by atoms with Crippen LogP contribution < -0.4 is 31.4 Å². The van der Waals surface area contributed by atoms with Gasteiger partial charge in [-0.05, 0) is 54.9 Å². The molecule has 0 saturated heterocycles. The molecule has 2 aliphatic heterocycles. The van der Waals surface area contributed by atoms with E-state index in [9.17, 15) is 5.11 Å². The number of nitrogens with zero attached hydrogens (tertiary/aromatic N) is 2. The summed E-state index contributed by atoms with van der Waals surface area (Å²) >= 11 is 1.81. The van der Waals surface area contributed by atoms with Crippen molar-refractivity contribution in [3.05, 3.63) is 53.6 Å². The number of para-hydroxylation sites is 1. The second-order valence-corrected chi connectivity index (χ2v) is 7.96. The Kier molecular flexibility index (Phi) is 6.27. The molecule has 2 aromatic rings. The third-order valence-electron chi connectivity index (χ3n) is 5.30. The Morgan fingerprint density at radius 3 is 2.57 bits per heavy atom. The van der Waals surface area contributed by atoms with E-state index in [1.807, 2.05) is 36.0 Å². The van der Waals surface area contributed by atoms with Crippen LogP contribution in [0, 0.1) is 6.92 Å². The molecule has 1 unspecified atom stereocenters. The lowest BCUT2D eigenvalue weighted by Crippen LogP contribution is -3.00. The molecule has 0 radical (unpaired) electrons. The normalized spacial score (nSPS) is 21.2. The molecule has 150 valence electrons. The first-order valence-electron chi connectivity index (χ1n) is 9.14. The number of anilines is 1. The number of thioether (sulfide) groups is 1. The van der Waals surface area contributed by atoms with Gasteiger partial charge in [0.25, 0.3) is 5.72 Å². The number of benzene rings is 2. The lowest BCUT2D eigenvalue weighted by molar-refractivity contribution is -0.656. The topological polar surface area (TPSA) is 44.9 Å². The molecular weight excluding hydrogens is 440 g/mol. The largest absolute Gasteiger partial charge is 1.00 e. The molecular formula is C21H25BrN2O3S. The standard InChI is InChI=1S/C21H25N2O3S.BrH/c1-15-7-4-5-8-17(15)22-14-21(24,23-11-6-12-27-20(22)23)16-9-10-18(25-2)19(13-16)26-3;/h4-5,7-10,13,24H,6,11-12,14H2,1-3H3;1H/q+1;/p-1. The van der Waals surface area contributed by atoms with E-state index in [0.717, 1.165) is 35.1 Å². The molecule has 28 heavy (non-hydrogen) atoms. The molecule has 0 aromatic heterocycles. The highest BCUT2D eigenvalue weighted by Gasteiger charge is 2.53. The van der Waals surface area contributed by atoms with Crippen LogP contribution in [0.2, 0.25) is 0 Å². The Morgan fingerprint density at radius 2 is 1.86 bits per heavy atom. The van der Waals surface area contributed by atoms with E-state index in [0.29, 0.717) is 18.0 Å². The van der Waals surface area contributed by atoms with Crippen molar-refractivity contribution in [1.29, 1.82) is 0 Å². The summed E-state index contributed by atoms with van der Waals surface area (Å²) in [7, 11) is 3.24. The summed E-state index contributed by atoms with van der Waals surface area (Å²) in [6, 6.07) is 14.0. The molecule has 7 heteroatoms. The summed E-state index contributed by atoms with van der Waals surface area (Å²) in [4.78, 5) is 2.25. The minimum Gasteiger partial charge on any atom is -1.00 e. The van der Waals surface area contributed by atoms with Crippen LogP contribution in [0.3, 0.4) is 0 Å². The van der Waals surface area contributed by atoms with Gasteiger partial charge in [0.2, 0.25) is 0 Å². The molecule has 0 spiro atoms. The van der Waals surface area contributed by atoms with Crippen LogP contribution in [-0.2, 0) is 5.72 Å². The summed E-state index contributed by atoms with van der Waals surface area (Å²) < 4.78 is 13.0. The van der Waals surface area contributed by atoms with E-state index >= 15 is 0 Å². The molecule has 0 aliphatic carbocycles. The van der Waals surface area contributed by atoms with Crippen molar-refractivity contribution >= 4 is 22.6 Å². The minimum atomic E-state index is -1.11. The van der Waals surface area contributed by atoms with Crippen molar-refractivity contribution in [2.45, 2.75) is 19.1 Å². The van der Waals surface area contributed by atoms with Crippen LogP contribution in [0.4, 0.5) is 5.69 Å². The summed E-state index contributed by atoms with van der Waals surface area (Å²) in [5, 5.41) is 12.9. The van der Waals surface area contributed by atoms with E-state index < -0.39 is 5.72 Å². The Balaban J connectivity index is 0.00000225. The molecule has 0 bridgehead atoms. The minimum absolute atomic E-state index is 0. The van der Waals surface area contributed by atoms with Gasteiger partial charge in [-0.3, -0.25) is 0 Å². The average Bonchev–Trinajstić information content (AvgIpc) is 3.02. The first-order chi connectivity index (χ1) is 13.1. The molecule has 1 atom stereocenters. The van der Waals surface area contributed by atoms with Gasteiger partial charge in [-0.15, -0.1) is 0 Å². The highest BCUT2D eigenvalue weighted by atomic mass is 79.9. The zero-order valence-electron chi connectivity index (χ0n) is 16.3. The predicted molar refractivity (Wildman–Crippen MR) is 109 cm³/mol. The number of aliphatic hydroxyl groups is 1. The van der Waals surface area contributed by atoms with Crippen LogP contribution in [0.1, 0.15) is 17.5 Å². The molecule has 0 amide bonds. The average molecular weight is 465 g/mol. The van der Waals surface area contributed by atoms with Crippen LogP contribution >= 0.6 is 11.8 Å². The highest BCUT2D eigenvalue weighted by Crippen LogP contribution is 2.40. The fourth-order valence-electron chi connectivity index (χ4n) is 3.89. The number of methoxy groups -OCH3 is 2. The molecule has 2 aromatic carbocycles. The first-order valence-corrected chi connectivity index (χ1v) is 10.1. The summed E-state index contributed by atoms with van der Waals surface area (Å²) in [5.74, 6) is 2.36. The van der Waals surface area contributed by atoms with Gasteiger partial charge in [0.15, 0.2) is 18.0 Å². The predicted octanol–water partition coefficient (Wildman–Crippen LogP) is 0.187. The zero-order valence-corrected chi connectivity index (χ0v) is 18.7. The maximum atomic E-state index is 11.8. The number of ether oxygens (including phenoxy) is 2. The SMILES string of the molecule is COc1ccc(C2(O)CN(c3ccccc3C)C3=[N+]2CCCS3)cc1OC.[Br-]. The highest BCUT2D eigenvalue weighted by molar-refractivity contribution is 8.13. The lowest BCUT2D eigenvalue weighted by atomic mass is 10.0. The number of hydrogen-bond donors (Lipinski definition) is 1. The van der Waals surface area contributed by atoms with Crippen LogP contribution in [-0.4, -0.2) is 47.9 Å². The van der Waals surface area contributed by atoms with Gasteiger partial charge in [0.1, 0.15) is 5.69 Å². The lowest BCUT2D eigenvalue weighted by Gasteiger charge is -2.25. The fourth-order valence-corrected chi connectivity index (χ4v) is 5.06. The second kappa shape index (κ2) is 8.35. The van der Waals surface area contributed by atoms with Gasteiger partial charge in [0.05, 0.1) is 20.8 Å². The quantitative estimate of drug-likeness (QED) is 0.654. The maximum Gasteiger partial charge on any atom is 0.316 e. The Morgan fingerprint density at radius 1 is 1.11 bits per heavy atom. The number of hydrogen-bond acceptors (Lipinski definition) is 5. The number of rotatable bonds is 4. The van der Waals surface area contributed by atoms with Crippen LogP contribution in [0.5, 0.6) is 11.5 Å². The Bertz CT molecular complexity index is 905. The van der Waals surface area contributed by atoms with Gasteiger partial charge in [-0.2, -0.15) is 0 Å². The van der Waals surface area contributed by atoms with E-state index in [2.05, 4.69) is 34.6 Å². The second-order valence-electron chi connectivity index (χ2n) is 6.90. The molecule has 0 fully saturated rings. The van der Waals surface area contributed by atoms with Gasteiger partial charge in [-0.25, -0.2) is 9.48 Å². The van der Waals surface area contributed by atoms with Crippen molar-refractivity contribution in [1.82, 2.24) is 0 Å². The Hall–Kier alpha value is -1.70. The van der Waals surface area contributed by atoms with Gasteiger partial charge in [0, 0.05) is 11.3 Å². The van der Waals surface area contributed by atoms with Gasteiger partial charge in [-0.1, -0.05) is 18.2 Å². The third-order valence-corrected chi connectivity index (χ3v) is 6.49. The van der Waals surface area contributed by atoms with Gasteiger partial charge < -0.3 is 31.6 Å². The van der Waals surface area contributed by atoms with Gasteiger partial charge >= 0.3 is 5.17 Å². The smallest absolute Gasteiger partial charge is 0.316 e. The molecule has 2 aliphatic rings.